The Balaban J connectivity index is 1.29. The Morgan fingerprint density at radius 2 is 2.00 bits per heavy atom. The molecule has 1 unspecified atom stereocenters. The van der Waals surface area contributed by atoms with Gasteiger partial charge in [0.2, 0.25) is 5.91 Å². The van der Waals surface area contributed by atoms with Crippen LogP contribution in [0.2, 0.25) is 0 Å². The molecule has 6 nitrogen and oxygen atoms in total. The van der Waals surface area contributed by atoms with Crippen molar-refractivity contribution in [2.45, 2.75) is 26.6 Å². The van der Waals surface area contributed by atoms with Gasteiger partial charge in [0, 0.05) is 18.0 Å². The minimum absolute atomic E-state index is 0.0609. The lowest BCUT2D eigenvalue weighted by atomic mass is 10.2. The minimum Gasteiger partial charge on any atom is -0.487 e. The van der Waals surface area contributed by atoms with E-state index in [9.17, 15) is 4.79 Å². The van der Waals surface area contributed by atoms with Crippen molar-refractivity contribution in [3.05, 3.63) is 76.3 Å². The van der Waals surface area contributed by atoms with Crippen LogP contribution in [0.4, 0.5) is 0 Å². The molecule has 166 valence electrons. The molecule has 0 N–H and O–H groups in total. The fourth-order valence-corrected chi connectivity index (χ4v) is 3.95. The average molecular weight is 451 g/mol. The van der Waals surface area contributed by atoms with E-state index in [4.69, 9.17) is 14.2 Å². The SMILES string of the molecule is CCN(CC1COc2ccccc2O1)C(=O)/C=C/c1ccc(OCc2csc(C)n2)cc1. The zero-order valence-corrected chi connectivity index (χ0v) is 19.0. The fraction of sp³-hybridized carbons (Fsp3) is 0.280. The molecule has 0 saturated carbocycles. The van der Waals surface area contributed by atoms with Gasteiger partial charge in [-0.25, -0.2) is 4.98 Å². The lowest BCUT2D eigenvalue weighted by molar-refractivity contribution is -0.127. The molecule has 0 saturated heterocycles. The maximum absolute atomic E-state index is 12.7. The van der Waals surface area contributed by atoms with E-state index in [2.05, 4.69) is 4.98 Å². The van der Waals surface area contributed by atoms with Crippen LogP contribution in [0.15, 0.2) is 60.0 Å². The lowest BCUT2D eigenvalue weighted by Gasteiger charge is -2.30. The molecule has 32 heavy (non-hydrogen) atoms. The summed E-state index contributed by atoms with van der Waals surface area (Å²) in [5.41, 5.74) is 1.86. The van der Waals surface area contributed by atoms with Gasteiger partial charge in [0.25, 0.3) is 0 Å². The van der Waals surface area contributed by atoms with Gasteiger partial charge in [-0.1, -0.05) is 24.3 Å². The number of para-hydroxylation sites is 2. The minimum atomic E-state index is -0.194. The molecule has 0 fully saturated rings. The van der Waals surface area contributed by atoms with Crippen molar-refractivity contribution in [1.29, 1.82) is 0 Å². The predicted molar refractivity (Wildman–Crippen MR) is 125 cm³/mol. The number of benzene rings is 2. The Morgan fingerprint density at radius 3 is 2.72 bits per heavy atom. The molecule has 0 aliphatic carbocycles. The molecule has 1 atom stereocenters. The van der Waals surface area contributed by atoms with Gasteiger partial charge in [0.1, 0.15) is 19.0 Å². The first-order valence-electron chi connectivity index (χ1n) is 10.6. The monoisotopic (exact) mass is 450 g/mol. The first-order chi connectivity index (χ1) is 15.6. The molecule has 0 radical (unpaired) electrons. The van der Waals surface area contributed by atoms with E-state index < -0.39 is 0 Å². The van der Waals surface area contributed by atoms with Crippen molar-refractivity contribution in [2.24, 2.45) is 0 Å². The Morgan fingerprint density at radius 1 is 1.22 bits per heavy atom. The highest BCUT2D eigenvalue weighted by Gasteiger charge is 2.24. The number of carbonyl (C=O) groups excluding carboxylic acids is 1. The lowest BCUT2D eigenvalue weighted by Crippen LogP contribution is -2.43. The van der Waals surface area contributed by atoms with Crippen molar-refractivity contribution < 1.29 is 19.0 Å². The molecule has 1 aliphatic heterocycles. The van der Waals surface area contributed by atoms with E-state index in [0.29, 0.717) is 26.3 Å². The topological polar surface area (TPSA) is 60.9 Å². The summed E-state index contributed by atoms with van der Waals surface area (Å²) in [5, 5.41) is 3.03. The van der Waals surface area contributed by atoms with Gasteiger partial charge >= 0.3 is 0 Å². The van der Waals surface area contributed by atoms with Crippen LogP contribution in [0.5, 0.6) is 17.2 Å². The molecule has 1 aliphatic rings. The van der Waals surface area contributed by atoms with Gasteiger partial charge in [0.15, 0.2) is 17.6 Å². The number of fused-ring (bicyclic) bond motifs is 1. The van der Waals surface area contributed by atoms with E-state index in [-0.39, 0.29) is 12.0 Å². The quantitative estimate of drug-likeness (QED) is 0.464. The normalized spacial score (nSPS) is 15.0. The third-order valence-electron chi connectivity index (χ3n) is 5.04. The van der Waals surface area contributed by atoms with Crippen molar-refractivity contribution >= 4 is 23.3 Å². The van der Waals surface area contributed by atoms with E-state index >= 15 is 0 Å². The summed E-state index contributed by atoms with van der Waals surface area (Å²) >= 11 is 1.61. The van der Waals surface area contributed by atoms with Crippen molar-refractivity contribution in [3.8, 4) is 17.2 Å². The number of ether oxygens (including phenoxy) is 3. The highest BCUT2D eigenvalue weighted by Crippen LogP contribution is 2.31. The number of likely N-dealkylation sites (N-methyl/N-ethyl adjacent to an activating group) is 1. The number of hydrogen-bond acceptors (Lipinski definition) is 6. The number of amides is 1. The average Bonchev–Trinajstić information content (AvgIpc) is 3.25. The van der Waals surface area contributed by atoms with Gasteiger partial charge in [-0.2, -0.15) is 0 Å². The van der Waals surface area contributed by atoms with Crippen LogP contribution in [0.3, 0.4) is 0 Å². The summed E-state index contributed by atoms with van der Waals surface area (Å²) in [6, 6.07) is 15.2. The number of aromatic nitrogens is 1. The highest BCUT2D eigenvalue weighted by molar-refractivity contribution is 7.09. The molecular weight excluding hydrogens is 424 g/mol. The van der Waals surface area contributed by atoms with Gasteiger partial charge in [-0.15, -0.1) is 11.3 Å². The smallest absolute Gasteiger partial charge is 0.246 e. The van der Waals surface area contributed by atoms with Crippen LogP contribution in [0.25, 0.3) is 6.08 Å². The first-order valence-corrected chi connectivity index (χ1v) is 11.5. The van der Waals surface area contributed by atoms with Gasteiger partial charge in [0.05, 0.1) is 17.2 Å². The largest absolute Gasteiger partial charge is 0.487 e. The molecule has 2 heterocycles. The van der Waals surface area contributed by atoms with Crippen LogP contribution in [0.1, 0.15) is 23.2 Å². The zero-order chi connectivity index (χ0) is 22.3. The van der Waals surface area contributed by atoms with E-state index in [0.717, 1.165) is 33.5 Å². The number of thiazole rings is 1. The predicted octanol–water partition coefficient (Wildman–Crippen LogP) is 4.73. The van der Waals surface area contributed by atoms with Gasteiger partial charge < -0.3 is 19.1 Å². The van der Waals surface area contributed by atoms with E-state index in [1.54, 1.807) is 22.3 Å². The molecule has 7 heteroatoms. The number of hydrogen-bond donors (Lipinski definition) is 0. The maximum atomic E-state index is 12.7. The van der Waals surface area contributed by atoms with E-state index in [1.165, 1.54) is 0 Å². The number of nitrogens with zero attached hydrogens (tertiary/aromatic N) is 2. The second-order valence-electron chi connectivity index (χ2n) is 7.42. The summed E-state index contributed by atoms with van der Waals surface area (Å²) in [4.78, 5) is 18.9. The third kappa shape index (κ3) is 5.68. The first kappa shape index (κ1) is 21.9. The summed E-state index contributed by atoms with van der Waals surface area (Å²) in [5.74, 6) is 2.17. The summed E-state index contributed by atoms with van der Waals surface area (Å²) in [7, 11) is 0. The standard InChI is InChI=1S/C25H26N2O4S/c1-3-27(14-22-16-30-23-6-4-5-7-24(23)31-22)25(28)13-10-19-8-11-21(12-9-19)29-15-20-17-32-18(2)26-20/h4-13,17,22H,3,14-16H2,1-2H3/b13-10+. The number of aryl methyl sites for hydroxylation is 1. The third-order valence-corrected chi connectivity index (χ3v) is 5.86. The van der Waals surface area contributed by atoms with Gasteiger partial charge in [-0.05, 0) is 49.8 Å². The fourth-order valence-electron chi connectivity index (χ4n) is 3.35. The Hall–Kier alpha value is -3.32. The maximum Gasteiger partial charge on any atom is 0.246 e. The molecule has 1 aromatic heterocycles. The van der Waals surface area contributed by atoms with Crippen LogP contribution in [-0.2, 0) is 11.4 Å². The number of rotatable bonds is 8. The molecule has 2 aromatic carbocycles. The molecule has 4 rings (SSSR count). The molecule has 3 aromatic rings. The van der Waals surface area contributed by atoms with Crippen molar-refractivity contribution in [2.75, 3.05) is 19.7 Å². The zero-order valence-electron chi connectivity index (χ0n) is 18.2. The Kier molecular flexibility index (Phi) is 7.07. The Labute approximate surface area is 192 Å². The summed E-state index contributed by atoms with van der Waals surface area (Å²) in [6.45, 7) is 5.86. The van der Waals surface area contributed by atoms with E-state index in [1.807, 2.05) is 73.8 Å². The second kappa shape index (κ2) is 10.3. The number of carbonyl (C=O) groups is 1. The van der Waals surface area contributed by atoms with Crippen LogP contribution in [-0.4, -0.2) is 41.6 Å². The van der Waals surface area contributed by atoms with Crippen LogP contribution >= 0.6 is 11.3 Å². The van der Waals surface area contributed by atoms with Gasteiger partial charge in [-0.3, -0.25) is 4.79 Å². The van der Waals surface area contributed by atoms with Crippen molar-refractivity contribution in [1.82, 2.24) is 9.88 Å². The van der Waals surface area contributed by atoms with Crippen molar-refractivity contribution in [3.63, 3.8) is 0 Å². The molecule has 1 amide bonds. The molecular formula is C25H26N2O4S. The summed E-state index contributed by atoms with van der Waals surface area (Å²) in [6.07, 6.45) is 3.21. The molecule has 0 bridgehead atoms. The van der Waals surface area contributed by atoms with Crippen LogP contribution < -0.4 is 14.2 Å². The highest BCUT2D eigenvalue weighted by atomic mass is 32.1. The second-order valence-corrected chi connectivity index (χ2v) is 8.49. The van der Waals surface area contributed by atoms with Crippen LogP contribution in [0, 0.1) is 6.92 Å². The summed E-state index contributed by atoms with van der Waals surface area (Å²) < 4.78 is 17.5. The Bertz CT molecular complexity index is 1080. The molecule has 0 spiro atoms.